The van der Waals surface area contributed by atoms with Crippen LogP contribution in [0.25, 0.3) is 0 Å². The van der Waals surface area contributed by atoms with Crippen LogP contribution >= 0.6 is 0 Å². The van der Waals surface area contributed by atoms with Crippen molar-refractivity contribution in [2.24, 2.45) is 5.41 Å². The second kappa shape index (κ2) is 7.66. The molecule has 1 rings (SSSR count). The Morgan fingerprint density at radius 2 is 2.10 bits per heavy atom. The van der Waals surface area contributed by atoms with E-state index in [2.05, 4.69) is 26.1 Å². The number of carbonyl (C=O) groups excluding carboxylic acids is 1. The molecule has 0 spiro atoms. The first-order valence-electron chi connectivity index (χ1n) is 6.78. The van der Waals surface area contributed by atoms with Gasteiger partial charge in [-0.1, -0.05) is 26.8 Å². The number of nitriles is 1. The van der Waals surface area contributed by atoms with Crippen LogP contribution in [0.5, 0.6) is 0 Å². The number of rotatable bonds is 6. The van der Waals surface area contributed by atoms with E-state index < -0.39 is 0 Å². The van der Waals surface area contributed by atoms with Gasteiger partial charge >= 0.3 is 0 Å². The van der Waals surface area contributed by atoms with Crippen molar-refractivity contribution in [2.75, 3.05) is 18.5 Å². The van der Waals surface area contributed by atoms with E-state index in [0.717, 1.165) is 6.42 Å². The van der Waals surface area contributed by atoms with Crippen LogP contribution in [0.3, 0.4) is 0 Å². The summed E-state index contributed by atoms with van der Waals surface area (Å²) in [4.78, 5) is 11.7. The minimum atomic E-state index is -0.101. The molecule has 0 saturated carbocycles. The fourth-order valence-electron chi connectivity index (χ4n) is 1.54. The number of nitrogens with one attached hydrogen (secondary N) is 1. The first-order valence-corrected chi connectivity index (χ1v) is 6.78. The predicted molar refractivity (Wildman–Crippen MR) is 79.3 cm³/mol. The van der Waals surface area contributed by atoms with Crippen molar-refractivity contribution in [2.45, 2.75) is 33.6 Å². The van der Waals surface area contributed by atoms with Crippen LogP contribution in [0.4, 0.5) is 5.69 Å². The van der Waals surface area contributed by atoms with Crippen molar-refractivity contribution in [3.05, 3.63) is 29.8 Å². The number of benzene rings is 1. The normalized spacial score (nSPS) is 10.9. The summed E-state index contributed by atoms with van der Waals surface area (Å²) in [5.41, 5.74) is 1.42. The Morgan fingerprint density at radius 3 is 2.75 bits per heavy atom. The average Bonchev–Trinajstić information content (AvgIpc) is 2.37. The fourth-order valence-corrected chi connectivity index (χ4v) is 1.54. The third-order valence-corrected chi connectivity index (χ3v) is 2.75. The van der Waals surface area contributed by atoms with Crippen LogP contribution in [0.15, 0.2) is 24.3 Å². The molecular formula is C16H22N2O2. The van der Waals surface area contributed by atoms with Crippen LogP contribution in [-0.2, 0) is 9.53 Å². The molecule has 0 aromatic heterocycles. The highest BCUT2D eigenvalue weighted by atomic mass is 16.5. The molecule has 4 heteroatoms. The van der Waals surface area contributed by atoms with Crippen LogP contribution in [0.1, 0.15) is 39.2 Å². The summed E-state index contributed by atoms with van der Waals surface area (Å²) in [5, 5.41) is 11.5. The molecule has 0 heterocycles. The van der Waals surface area contributed by atoms with Crippen molar-refractivity contribution in [1.29, 1.82) is 5.26 Å². The Morgan fingerprint density at radius 1 is 1.35 bits per heavy atom. The molecule has 0 fully saturated rings. The Kier molecular flexibility index (Phi) is 6.20. The van der Waals surface area contributed by atoms with E-state index in [1.165, 1.54) is 0 Å². The number of ether oxygens (including phenoxy) is 1. The van der Waals surface area contributed by atoms with Crippen molar-refractivity contribution in [1.82, 2.24) is 0 Å². The van der Waals surface area contributed by atoms with E-state index in [0.29, 0.717) is 30.9 Å². The van der Waals surface area contributed by atoms with Gasteiger partial charge in [0.25, 0.3) is 0 Å². The highest BCUT2D eigenvalue weighted by molar-refractivity contribution is 5.90. The minimum Gasteiger partial charge on any atom is -0.381 e. The molecule has 0 radical (unpaired) electrons. The zero-order valence-electron chi connectivity index (χ0n) is 12.4. The summed E-state index contributed by atoms with van der Waals surface area (Å²) in [6.07, 6.45) is 1.29. The number of hydrogen-bond acceptors (Lipinski definition) is 3. The summed E-state index contributed by atoms with van der Waals surface area (Å²) in [5.74, 6) is -0.101. The van der Waals surface area contributed by atoms with Crippen LogP contribution < -0.4 is 5.32 Å². The maximum absolute atomic E-state index is 11.7. The SMILES string of the molecule is CC(C)(C)CCOCCC(=O)Nc1cccc(C#N)c1. The molecule has 0 unspecified atom stereocenters. The highest BCUT2D eigenvalue weighted by Crippen LogP contribution is 2.17. The van der Waals surface area contributed by atoms with Gasteiger partial charge in [0.05, 0.1) is 24.7 Å². The second-order valence-corrected chi connectivity index (χ2v) is 5.91. The van der Waals surface area contributed by atoms with Crippen molar-refractivity contribution in [3.63, 3.8) is 0 Å². The van der Waals surface area contributed by atoms with E-state index in [1.54, 1.807) is 24.3 Å². The number of amides is 1. The van der Waals surface area contributed by atoms with Gasteiger partial charge in [-0.25, -0.2) is 0 Å². The molecule has 4 nitrogen and oxygen atoms in total. The molecule has 0 saturated heterocycles. The number of carbonyl (C=O) groups is 1. The van der Waals surface area contributed by atoms with Crippen LogP contribution in [-0.4, -0.2) is 19.1 Å². The van der Waals surface area contributed by atoms with Gasteiger partial charge < -0.3 is 10.1 Å². The molecule has 20 heavy (non-hydrogen) atoms. The van der Waals surface area contributed by atoms with Gasteiger partial charge in [0.15, 0.2) is 0 Å². The van der Waals surface area contributed by atoms with E-state index >= 15 is 0 Å². The standard InChI is InChI=1S/C16H22N2O2/c1-16(2,3)8-10-20-9-7-15(19)18-14-6-4-5-13(11-14)12-17/h4-6,11H,7-10H2,1-3H3,(H,18,19). The Bertz CT molecular complexity index is 484. The zero-order valence-corrected chi connectivity index (χ0v) is 12.4. The predicted octanol–water partition coefficient (Wildman–Crippen LogP) is 3.34. The van der Waals surface area contributed by atoms with E-state index in [9.17, 15) is 4.79 Å². The monoisotopic (exact) mass is 274 g/mol. The molecular weight excluding hydrogens is 252 g/mol. The summed E-state index contributed by atoms with van der Waals surface area (Å²) >= 11 is 0. The van der Waals surface area contributed by atoms with Gasteiger partial charge in [-0.2, -0.15) is 5.26 Å². The number of hydrogen-bond donors (Lipinski definition) is 1. The lowest BCUT2D eigenvalue weighted by Gasteiger charge is -2.17. The lowest BCUT2D eigenvalue weighted by Crippen LogP contribution is -2.15. The van der Waals surface area contributed by atoms with Gasteiger partial charge in [0, 0.05) is 12.3 Å². The van der Waals surface area contributed by atoms with Crippen molar-refractivity contribution in [3.8, 4) is 6.07 Å². The maximum Gasteiger partial charge on any atom is 0.226 e. The first kappa shape index (κ1) is 16.2. The summed E-state index contributed by atoms with van der Waals surface area (Å²) < 4.78 is 5.45. The van der Waals surface area contributed by atoms with Crippen molar-refractivity contribution < 1.29 is 9.53 Å². The molecule has 0 aliphatic heterocycles. The van der Waals surface area contributed by atoms with Gasteiger partial charge in [-0.3, -0.25) is 4.79 Å². The molecule has 1 aromatic rings. The molecule has 108 valence electrons. The smallest absolute Gasteiger partial charge is 0.226 e. The zero-order chi connectivity index (χ0) is 15.0. The van der Waals surface area contributed by atoms with Gasteiger partial charge in [-0.05, 0) is 30.0 Å². The maximum atomic E-state index is 11.7. The third-order valence-electron chi connectivity index (χ3n) is 2.75. The number of nitrogens with zero attached hydrogens (tertiary/aromatic N) is 1. The molecule has 0 aliphatic carbocycles. The lowest BCUT2D eigenvalue weighted by molar-refractivity contribution is -0.117. The largest absolute Gasteiger partial charge is 0.381 e. The fraction of sp³-hybridized carbons (Fsp3) is 0.500. The number of anilines is 1. The molecule has 0 bridgehead atoms. The van der Waals surface area contributed by atoms with E-state index in [-0.39, 0.29) is 11.3 Å². The molecule has 1 amide bonds. The quantitative estimate of drug-likeness (QED) is 0.809. The van der Waals surface area contributed by atoms with E-state index in [4.69, 9.17) is 10.00 Å². The summed E-state index contributed by atoms with van der Waals surface area (Å²) in [6, 6.07) is 8.90. The summed E-state index contributed by atoms with van der Waals surface area (Å²) in [6.45, 7) is 7.56. The van der Waals surface area contributed by atoms with Gasteiger partial charge in [0.2, 0.25) is 5.91 Å². The molecule has 1 aromatic carbocycles. The Balaban J connectivity index is 2.25. The topological polar surface area (TPSA) is 62.1 Å². The minimum absolute atomic E-state index is 0.101. The summed E-state index contributed by atoms with van der Waals surface area (Å²) in [7, 11) is 0. The van der Waals surface area contributed by atoms with E-state index in [1.807, 2.05) is 6.07 Å². The molecule has 0 aliphatic rings. The average molecular weight is 274 g/mol. The van der Waals surface area contributed by atoms with Crippen molar-refractivity contribution >= 4 is 11.6 Å². The van der Waals surface area contributed by atoms with Gasteiger partial charge in [0.1, 0.15) is 0 Å². The molecule has 0 atom stereocenters. The van der Waals surface area contributed by atoms with Gasteiger partial charge in [-0.15, -0.1) is 0 Å². The Labute approximate surface area is 120 Å². The lowest BCUT2D eigenvalue weighted by atomic mass is 9.93. The Hall–Kier alpha value is -1.86. The first-order chi connectivity index (χ1) is 9.40. The third kappa shape index (κ3) is 6.91. The molecule has 1 N–H and O–H groups in total. The van der Waals surface area contributed by atoms with Crippen LogP contribution in [0.2, 0.25) is 0 Å². The highest BCUT2D eigenvalue weighted by Gasteiger charge is 2.09. The van der Waals surface area contributed by atoms with Crippen LogP contribution in [0, 0.1) is 16.7 Å². The second-order valence-electron chi connectivity index (χ2n) is 5.91.